The molecule has 0 aliphatic rings. The average Bonchev–Trinajstić information content (AvgIpc) is 2.74. The fourth-order valence-electron chi connectivity index (χ4n) is 1.31. The van der Waals surface area contributed by atoms with Crippen LogP contribution in [-0.2, 0) is 5.75 Å². The summed E-state index contributed by atoms with van der Waals surface area (Å²) in [6, 6.07) is 4.45. The van der Waals surface area contributed by atoms with Gasteiger partial charge in [-0.1, -0.05) is 11.8 Å². The van der Waals surface area contributed by atoms with E-state index in [2.05, 4.69) is 9.36 Å². The largest absolute Gasteiger partial charge is 0.398 e. The van der Waals surface area contributed by atoms with Gasteiger partial charge < -0.3 is 5.73 Å². The van der Waals surface area contributed by atoms with Crippen molar-refractivity contribution in [3.63, 3.8) is 0 Å². The van der Waals surface area contributed by atoms with Crippen LogP contribution in [0.25, 0.3) is 0 Å². The quantitative estimate of drug-likeness (QED) is 0.401. The molecule has 0 saturated heterocycles. The van der Waals surface area contributed by atoms with E-state index < -0.39 is 4.92 Å². The molecular formula is C10H10N4O2S2. The number of nitrogens with two attached hydrogens (primary N) is 1. The summed E-state index contributed by atoms with van der Waals surface area (Å²) in [7, 11) is 0. The number of non-ortho nitro benzene ring substituents is 1. The van der Waals surface area contributed by atoms with Crippen molar-refractivity contribution in [1.82, 2.24) is 9.36 Å². The molecule has 18 heavy (non-hydrogen) atoms. The summed E-state index contributed by atoms with van der Waals surface area (Å²) in [4.78, 5) is 14.5. The smallest absolute Gasteiger partial charge is 0.269 e. The molecule has 2 N–H and O–H groups in total. The predicted molar refractivity (Wildman–Crippen MR) is 71.7 cm³/mol. The highest BCUT2D eigenvalue weighted by Crippen LogP contribution is 2.28. The van der Waals surface area contributed by atoms with Crippen LogP contribution in [0.2, 0.25) is 0 Å². The molecule has 0 saturated carbocycles. The molecule has 6 nitrogen and oxygen atoms in total. The fourth-order valence-corrected chi connectivity index (χ4v) is 2.96. The van der Waals surface area contributed by atoms with E-state index in [0.29, 0.717) is 11.4 Å². The number of hydrogen-bond donors (Lipinski definition) is 1. The third-order valence-electron chi connectivity index (χ3n) is 2.20. The van der Waals surface area contributed by atoms with Gasteiger partial charge in [-0.05, 0) is 30.1 Å². The first-order chi connectivity index (χ1) is 8.56. The molecule has 1 aromatic heterocycles. The van der Waals surface area contributed by atoms with Crippen LogP contribution in [0.1, 0.15) is 11.4 Å². The Labute approximate surface area is 112 Å². The van der Waals surface area contributed by atoms with Crippen LogP contribution in [0.5, 0.6) is 0 Å². The minimum atomic E-state index is -0.428. The topological polar surface area (TPSA) is 94.9 Å². The summed E-state index contributed by atoms with van der Waals surface area (Å²) in [5, 5.41) is 10.7. The van der Waals surface area contributed by atoms with E-state index in [1.54, 1.807) is 6.07 Å². The van der Waals surface area contributed by atoms with Crippen LogP contribution in [0.15, 0.2) is 22.5 Å². The molecule has 2 rings (SSSR count). The Kier molecular flexibility index (Phi) is 3.78. The van der Waals surface area contributed by atoms with E-state index in [9.17, 15) is 10.1 Å². The first-order valence-corrected chi connectivity index (χ1v) is 6.78. The monoisotopic (exact) mass is 282 g/mol. The number of nitro benzene ring substituents is 1. The standard InChI is InChI=1S/C10H10N4O2S2/c1-6-12-10(18-13-6)17-5-7-4-8(14(15)16)2-3-9(7)11/h2-4H,5,11H2,1H3. The third kappa shape index (κ3) is 2.96. The molecule has 0 radical (unpaired) electrons. The molecule has 0 aliphatic carbocycles. The highest BCUT2D eigenvalue weighted by atomic mass is 32.2. The van der Waals surface area contributed by atoms with Crippen LogP contribution in [0.3, 0.4) is 0 Å². The van der Waals surface area contributed by atoms with Gasteiger partial charge in [-0.3, -0.25) is 10.1 Å². The van der Waals surface area contributed by atoms with Gasteiger partial charge in [0.1, 0.15) is 5.82 Å². The number of nitrogen functional groups attached to an aromatic ring is 1. The zero-order valence-corrected chi connectivity index (χ0v) is 11.1. The lowest BCUT2D eigenvalue weighted by Crippen LogP contribution is -1.95. The number of hydrogen-bond acceptors (Lipinski definition) is 7. The number of aryl methyl sites for hydroxylation is 1. The van der Waals surface area contributed by atoms with Gasteiger partial charge in [-0.2, -0.15) is 4.37 Å². The molecule has 0 fully saturated rings. The summed E-state index contributed by atoms with van der Waals surface area (Å²) in [5.41, 5.74) is 7.13. The zero-order valence-electron chi connectivity index (χ0n) is 9.49. The molecule has 0 unspecified atom stereocenters. The molecule has 2 aromatic rings. The summed E-state index contributed by atoms with van der Waals surface area (Å²) < 4.78 is 4.90. The van der Waals surface area contributed by atoms with E-state index in [4.69, 9.17) is 5.73 Å². The van der Waals surface area contributed by atoms with Crippen molar-refractivity contribution in [2.75, 3.05) is 5.73 Å². The fraction of sp³-hybridized carbons (Fsp3) is 0.200. The Morgan fingerprint density at radius 2 is 2.33 bits per heavy atom. The van der Waals surface area contributed by atoms with Crippen molar-refractivity contribution in [3.05, 3.63) is 39.7 Å². The normalized spacial score (nSPS) is 10.5. The Bertz CT molecular complexity index is 585. The molecule has 0 atom stereocenters. The molecule has 1 heterocycles. The van der Waals surface area contributed by atoms with Crippen molar-refractivity contribution in [3.8, 4) is 0 Å². The van der Waals surface area contributed by atoms with Gasteiger partial charge in [0.25, 0.3) is 5.69 Å². The van der Waals surface area contributed by atoms with E-state index in [0.717, 1.165) is 15.7 Å². The maximum absolute atomic E-state index is 10.7. The minimum Gasteiger partial charge on any atom is -0.398 e. The first kappa shape index (κ1) is 12.8. The number of rotatable bonds is 4. The maximum Gasteiger partial charge on any atom is 0.269 e. The van der Waals surface area contributed by atoms with Crippen LogP contribution in [0, 0.1) is 17.0 Å². The Morgan fingerprint density at radius 3 is 2.94 bits per heavy atom. The maximum atomic E-state index is 10.7. The van der Waals surface area contributed by atoms with Gasteiger partial charge in [0.2, 0.25) is 0 Å². The van der Waals surface area contributed by atoms with E-state index >= 15 is 0 Å². The van der Waals surface area contributed by atoms with Gasteiger partial charge in [0.15, 0.2) is 4.34 Å². The van der Waals surface area contributed by atoms with Crippen LogP contribution in [-0.4, -0.2) is 14.3 Å². The second-order valence-corrected chi connectivity index (χ2v) is 5.51. The summed E-state index contributed by atoms with van der Waals surface area (Å²) >= 11 is 2.78. The molecule has 0 amide bonds. The average molecular weight is 282 g/mol. The van der Waals surface area contributed by atoms with Crippen LogP contribution in [0.4, 0.5) is 11.4 Å². The second-order valence-electron chi connectivity index (χ2n) is 3.54. The van der Waals surface area contributed by atoms with Crippen molar-refractivity contribution in [1.29, 1.82) is 0 Å². The number of anilines is 1. The van der Waals surface area contributed by atoms with Gasteiger partial charge in [-0.15, -0.1) is 0 Å². The number of nitrogens with zero attached hydrogens (tertiary/aromatic N) is 3. The van der Waals surface area contributed by atoms with Crippen molar-refractivity contribution < 1.29 is 4.92 Å². The molecule has 0 bridgehead atoms. The molecule has 0 aliphatic heterocycles. The van der Waals surface area contributed by atoms with Crippen molar-refractivity contribution >= 4 is 34.7 Å². The molecular weight excluding hydrogens is 272 g/mol. The number of aromatic nitrogens is 2. The zero-order chi connectivity index (χ0) is 13.1. The van der Waals surface area contributed by atoms with E-state index in [1.165, 1.54) is 35.4 Å². The third-order valence-corrected chi connectivity index (χ3v) is 4.17. The molecule has 8 heteroatoms. The summed E-state index contributed by atoms with van der Waals surface area (Å²) in [5.74, 6) is 1.27. The second kappa shape index (κ2) is 5.32. The van der Waals surface area contributed by atoms with Gasteiger partial charge in [0, 0.05) is 23.6 Å². The van der Waals surface area contributed by atoms with Crippen molar-refractivity contribution in [2.24, 2.45) is 0 Å². The summed E-state index contributed by atoms with van der Waals surface area (Å²) in [6.45, 7) is 1.82. The van der Waals surface area contributed by atoms with E-state index in [-0.39, 0.29) is 5.69 Å². The lowest BCUT2D eigenvalue weighted by molar-refractivity contribution is -0.384. The number of nitro groups is 1. The van der Waals surface area contributed by atoms with Gasteiger partial charge in [0.05, 0.1) is 4.92 Å². The van der Waals surface area contributed by atoms with Gasteiger partial charge in [-0.25, -0.2) is 4.98 Å². The minimum absolute atomic E-state index is 0.0493. The van der Waals surface area contributed by atoms with Gasteiger partial charge >= 0.3 is 0 Å². The van der Waals surface area contributed by atoms with Crippen LogP contribution < -0.4 is 5.73 Å². The highest BCUT2D eigenvalue weighted by molar-refractivity contribution is 8.00. The first-order valence-electron chi connectivity index (χ1n) is 5.02. The number of benzene rings is 1. The number of thioether (sulfide) groups is 1. The Balaban J connectivity index is 2.13. The summed E-state index contributed by atoms with van der Waals surface area (Å²) in [6.07, 6.45) is 0. The lowest BCUT2D eigenvalue weighted by atomic mass is 10.2. The Hall–Kier alpha value is -1.67. The molecule has 94 valence electrons. The predicted octanol–water partition coefficient (Wildman–Crippen LogP) is 2.63. The Morgan fingerprint density at radius 1 is 1.56 bits per heavy atom. The highest BCUT2D eigenvalue weighted by Gasteiger charge is 2.10. The lowest BCUT2D eigenvalue weighted by Gasteiger charge is -2.03. The SMILES string of the molecule is Cc1nsc(SCc2cc([N+](=O)[O-])ccc2N)n1. The van der Waals surface area contributed by atoms with E-state index in [1.807, 2.05) is 6.92 Å². The van der Waals surface area contributed by atoms with Crippen LogP contribution >= 0.6 is 23.3 Å². The van der Waals surface area contributed by atoms with Crippen molar-refractivity contribution in [2.45, 2.75) is 17.0 Å². The molecule has 1 aromatic carbocycles. The molecule has 0 spiro atoms.